The van der Waals surface area contributed by atoms with Gasteiger partial charge in [-0.3, -0.25) is 14.6 Å². The van der Waals surface area contributed by atoms with Gasteiger partial charge in [-0.2, -0.15) is 9.78 Å². The number of carbonyl (C=O) groups excluding carboxylic acids is 1. The molecule has 1 aromatic carbocycles. The van der Waals surface area contributed by atoms with Crippen molar-refractivity contribution >= 4 is 11.7 Å². The van der Waals surface area contributed by atoms with Crippen molar-refractivity contribution in [3.8, 4) is 23.2 Å². The standard InChI is InChI=1S/C21H19N5O4/c1-3-29-15-8-6-14(7-9-15)20(28)23-18-12-16(17-5-4-10-30-17)25-26(18)21-22-13(2)11-19(27)24-21/h4-12H,3H2,1-2H3,(H,23,28)(H,22,24,27). The number of furan rings is 1. The lowest BCUT2D eigenvalue weighted by atomic mass is 10.2. The van der Waals surface area contributed by atoms with Crippen LogP contribution in [0.3, 0.4) is 0 Å². The topological polar surface area (TPSA) is 115 Å². The van der Waals surface area contributed by atoms with E-state index in [1.165, 1.54) is 17.0 Å². The Morgan fingerprint density at radius 2 is 2.03 bits per heavy atom. The summed E-state index contributed by atoms with van der Waals surface area (Å²) in [4.78, 5) is 31.6. The number of aryl methyl sites for hydroxylation is 1. The van der Waals surface area contributed by atoms with E-state index in [-0.39, 0.29) is 17.4 Å². The summed E-state index contributed by atoms with van der Waals surface area (Å²) in [7, 11) is 0. The van der Waals surface area contributed by atoms with Crippen LogP contribution in [-0.4, -0.2) is 32.3 Å². The number of hydrogen-bond donors (Lipinski definition) is 2. The first-order valence-corrected chi connectivity index (χ1v) is 9.30. The highest BCUT2D eigenvalue weighted by Gasteiger charge is 2.17. The number of anilines is 1. The van der Waals surface area contributed by atoms with Crippen LogP contribution in [0.15, 0.2) is 64.0 Å². The van der Waals surface area contributed by atoms with Crippen LogP contribution in [0.4, 0.5) is 5.82 Å². The van der Waals surface area contributed by atoms with Gasteiger partial charge in [0.15, 0.2) is 5.76 Å². The maximum atomic E-state index is 12.8. The van der Waals surface area contributed by atoms with Gasteiger partial charge in [0.2, 0.25) is 5.95 Å². The zero-order valence-corrected chi connectivity index (χ0v) is 16.4. The van der Waals surface area contributed by atoms with Gasteiger partial charge in [0.1, 0.15) is 17.3 Å². The zero-order chi connectivity index (χ0) is 21.1. The molecule has 3 heterocycles. The smallest absolute Gasteiger partial charge is 0.256 e. The van der Waals surface area contributed by atoms with E-state index in [1.807, 2.05) is 6.92 Å². The summed E-state index contributed by atoms with van der Waals surface area (Å²) in [6.45, 7) is 4.14. The van der Waals surface area contributed by atoms with E-state index < -0.39 is 0 Å². The first kappa shape index (κ1) is 19.2. The van der Waals surface area contributed by atoms with Crippen molar-refractivity contribution in [3.63, 3.8) is 0 Å². The predicted molar refractivity (Wildman–Crippen MR) is 110 cm³/mol. The first-order valence-electron chi connectivity index (χ1n) is 9.30. The second kappa shape index (κ2) is 8.08. The van der Waals surface area contributed by atoms with Crippen molar-refractivity contribution in [3.05, 3.63) is 76.4 Å². The minimum atomic E-state index is -0.347. The summed E-state index contributed by atoms with van der Waals surface area (Å²) in [6.07, 6.45) is 1.53. The van der Waals surface area contributed by atoms with Crippen LogP contribution in [-0.2, 0) is 0 Å². The molecule has 0 fully saturated rings. The molecular weight excluding hydrogens is 386 g/mol. The van der Waals surface area contributed by atoms with E-state index in [0.717, 1.165) is 0 Å². The van der Waals surface area contributed by atoms with Gasteiger partial charge in [-0.05, 0) is 50.2 Å². The second-order valence-corrected chi connectivity index (χ2v) is 6.43. The molecule has 0 atom stereocenters. The predicted octanol–water partition coefficient (Wildman–Crippen LogP) is 3.18. The molecule has 0 saturated carbocycles. The number of hydrogen-bond acceptors (Lipinski definition) is 6. The first-order chi connectivity index (χ1) is 14.5. The fraction of sp³-hybridized carbons (Fsp3) is 0.143. The van der Waals surface area contributed by atoms with E-state index >= 15 is 0 Å². The molecule has 9 heteroatoms. The Morgan fingerprint density at radius 3 is 2.70 bits per heavy atom. The molecule has 0 spiro atoms. The fourth-order valence-corrected chi connectivity index (χ4v) is 2.90. The molecule has 0 bridgehead atoms. The number of benzene rings is 1. The Kier molecular flexibility index (Phi) is 5.17. The third kappa shape index (κ3) is 4.00. The molecule has 30 heavy (non-hydrogen) atoms. The van der Waals surface area contributed by atoms with Gasteiger partial charge in [-0.25, -0.2) is 4.98 Å². The molecule has 0 radical (unpaired) electrons. The summed E-state index contributed by atoms with van der Waals surface area (Å²) in [6, 6.07) is 13.3. The minimum Gasteiger partial charge on any atom is -0.494 e. The Morgan fingerprint density at radius 1 is 1.23 bits per heavy atom. The molecule has 1 amide bonds. The van der Waals surface area contributed by atoms with Crippen LogP contribution in [0, 0.1) is 6.92 Å². The molecule has 9 nitrogen and oxygen atoms in total. The van der Waals surface area contributed by atoms with Crippen molar-refractivity contribution in [2.45, 2.75) is 13.8 Å². The number of aromatic nitrogens is 4. The van der Waals surface area contributed by atoms with Crippen molar-refractivity contribution < 1.29 is 13.9 Å². The summed E-state index contributed by atoms with van der Waals surface area (Å²) < 4.78 is 12.2. The molecule has 2 N–H and O–H groups in total. The van der Waals surface area contributed by atoms with Gasteiger partial charge in [-0.15, -0.1) is 0 Å². The Hall–Kier alpha value is -4.14. The lowest BCUT2D eigenvalue weighted by Gasteiger charge is -2.09. The van der Waals surface area contributed by atoms with E-state index in [0.29, 0.717) is 40.9 Å². The SMILES string of the molecule is CCOc1ccc(C(=O)Nc2cc(-c3ccco3)nn2-c2nc(C)cc(=O)[nH]2)cc1. The van der Waals surface area contributed by atoms with Gasteiger partial charge in [0.25, 0.3) is 11.5 Å². The normalized spacial score (nSPS) is 10.7. The summed E-state index contributed by atoms with van der Waals surface area (Å²) in [5.74, 6) is 1.36. The van der Waals surface area contributed by atoms with Crippen molar-refractivity contribution in [1.29, 1.82) is 0 Å². The van der Waals surface area contributed by atoms with Crippen molar-refractivity contribution in [1.82, 2.24) is 19.7 Å². The number of rotatable bonds is 6. The molecule has 0 aliphatic carbocycles. The third-order valence-corrected chi connectivity index (χ3v) is 4.21. The molecule has 0 aliphatic heterocycles. The number of aromatic amines is 1. The largest absolute Gasteiger partial charge is 0.494 e. The number of ether oxygens (including phenoxy) is 1. The summed E-state index contributed by atoms with van der Waals surface area (Å²) in [5.41, 5.74) is 1.12. The summed E-state index contributed by atoms with van der Waals surface area (Å²) in [5, 5.41) is 7.26. The number of nitrogens with zero attached hydrogens (tertiary/aromatic N) is 3. The number of amides is 1. The van der Waals surface area contributed by atoms with Crippen LogP contribution >= 0.6 is 0 Å². The lowest BCUT2D eigenvalue weighted by Crippen LogP contribution is -2.18. The Bertz CT molecular complexity index is 1220. The van der Waals surface area contributed by atoms with Gasteiger partial charge in [0.05, 0.1) is 12.9 Å². The van der Waals surface area contributed by atoms with Crippen LogP contribution in [0.1, 0.15) is 23.0 Å². The lowest BCUT2D eigenvalue weighted by molar-refractivity contribution is 0.102. The van der Waals surface area contributed by atoms with Crippen LogP contribution < -0.4 is 15.6 Å². The number of nitrogens with one attached hydrogen (secondary N) is 2. The number of H-pyrrole nitrogens is 1. The van der Waals surface area contributed by atoms with Gasteiger partial charge >= 0.3 is 0 Å². The highest BCUT2D eigenvalue weighted by atomic mass is 16.5. The average molecular weight is 405 g/mol. The molecule has 4 aromatic rings. The van der Waals surface area contributed by atoms with Crippen molar-refractivity contribution in [2.75, 3.05) is 11.9 Å². The molecule has 0 saturated heterocycles. The molecule has 3 aromatic heterocycles. The highest BCUT2D eigenvalue weighted by Crippen LogP contribution is 2.24. The molecule has 152 valence electrons. The molecular formula is C21H19N5O4. The minimum absolute atomic E-state index is 0.180. The monoisotopic (exact) mass is 405 g/mol. The molecule has 0 aliphatic rings. The highest BCUT2D eigenvalue weighted by molar-refractivity contribution is 6.04. The van der Waals surface area contributed by atoms with E-state index in [1.54, 1.807) is 49.4 Å². The Balaban J connectivity index is 1.70. The molecule has 4 rings (SSSR count). The van der Waals surface area contributed by atoms with Gasteiger partial charge < -0.3 is 14.5 Å². The summed E-state index contributed by atoms with van der Waals surface area (Å²) >= 11 is 0. The van der Waals surface area contributed by atoms with Gasteiger partial charge in [-0.1, -0.05) is 0 Å². The van der Waals surface area contributed by atoms with E-state index in [9.17, 15) is 9.59 Å². The maximum Gasteiger partial charge on any atom is 0.256 e. The third-order valence-electron chi connectivity index (χ3n) is 4.21. The second-order valence-electron chi connectivity index (χ2n) is 6.43. The van der Waals surface area contributed by atoms with Crippen LogP contribution in [0.5, 0.6) is 5.75 Å². The Labute approximate surface area is 171 Å². The van der Waals surface area contributed by atoms with Crippen LogP contribution in [0.2, 0.25) is 0 Å². The van der Waals surface area contributed by atoms with Crippen LogP contribution in [0.25, 0.3) is 17.4 Å². The van der Waals surface area contributed by atoms with E-state index in [2.05, 4.69) is 20.4 Å². The zero-order valence-electron chi connectivity index (χ0n) is 16.4. The quantitative estimate of drug-likeness (QED) is 0.509. The molecule has 0 unspecified atom stereocenters. The maximum absolute atomic E-state index is 12.8. The number of carbonyl (C=O) groups is 1. The van der Waals surface area contributed by atoms with Crippen molar-refractivity contribution in [2.24, 2.45) is 0 Å². The fourth-order valence-electron chi connectivity index (χ4n) is 2.90. The average Bonchev–Trinajstić information content (AvgIpc) is 3.38. The van der Waals surface area contributed by atoms with Gasteiger partial charge in [0, 0.05) is 23.4 Å². The van der Waals surface area contributed by atoms with E-state index in [4.69, 9.17) is 9.15 Å².